The fourth-order valence-electron chi connectivity index (χ4n) is 3.67. The number of carbonyl (C=O) groups is 2. The Balaban J connectivity index is 1.44. The molecule has 0 saturated carbocycles. The summed E-state index contributed by atoms with van der Waals surface area (Å²) < 4.78 is 29.6. The van der Waals surface area contributed by atoms with Crippen molar-refractivity contribution in [3.8, 4) is 5.88 Å². The highest BCUT2D eigenvalue weighted by Gasteiger charge is 2.37. The minimum atomic E-state index is -2.63. The van der Waals surface area contributed by atoms with Gasteiger partial charge in [0.15, 0.2) is 6.61 Å². The Morgan fingerprint density at radius 1 is 1.28 bits per heavy atom. The summed E-state index contributed by atoms with van der Waals surface area (Å²) in [6, 6.07) is 9.88. The number of benzene rings is 1. The van der Waals surface area contributed by atoms with E-state index in [1.807, 2.05) is 30.3 Å². The molecule has 1 saturated heterocycles. The average molecular weight is 446 g/mol. The Hall–Kier alpha value is -3.96. The van der Waals surface area contributed by atoms with E-state index in [-0.39, 0.29) is 30.7 Å². The van der Waals surface area contributed by atoms with Crippen LogP contribution in [0.25, 0.3) is 10.9 Å². The summed E-state index contributed by atoms with van der Waals surface area (Å²) in [7, 11) is 0. The van der Waals surface area contributed by atoms with E-state index in [1.54, 1.807) is 0 Å². The first kappa shape index (κ1) is 21.3. The second-order valence-electron chi connectivity index (χ2n) is 7.26. The van der Waals surface area contributed by atoms with E-state index in [2.05, 4.69) is 25.8 Å². The molecule has 1 aromatic carbocycles. The van der Waals surface area contributed by atoms with Crippen LogP contribution in [0, 0.1) is 0 Å². The van der Waals surface area contributed by atoms with Crippen LogP contribution in [0.4, 0.5) is 24.2 Å². The number of likely N-dealkylation sites (tertiary alicyclic amines) is 1. The number of nitrogens with one attached hydrogen (secondary N) is 3. The third-order valence-electron chi connectivity index (χ3n) is 5.13. The lowest BCUT2D eigenvalue weighted by Gasteiger charge is -2.20. The Morgan fingerprint density at radius 2 is 2.06 bits per heavy atom. The zero-order valence-corrected chi connectivity index (χ0v) is 16.7. The molecule has 10 nitrogen and oxygen atoms in total. The number of aromatic amines is 1. The van der Waals surface area contributed by atoms with Crippen molar-refractivity contribution in [1.82, 2.24) is 25.4 Å². The zero-order chi connectivity index (χ0) is 22.7. The average Bonchev–Trinajstić information content (AvgIpc) is 3.37. The first-order chi connectivity index (χ1) is 15.4. The van der Waals surface area contributed by atoms with Gasteiger partial charge >= 0.3 is 12.1 Å². The first-order valence-corrected chi connectivity index (χ1v) is 9.76. The van der Waals surface area contributed by atoms with Crippen LogP contribution in [0.2, 0.25) is 0 Å². The van der Waals surface area contributed by atoms with Gasteiger partial charge in [0.25, 0.3) is 6.43 Å². The van der Waals surface area contributed by atoms with Gasteiger partial charge < -0.3 is 20.1 Å². The van der Waals surface area contributed by atoms with Gasteiger partial charge in [-0.25, -0.2) is 23.4 Å². The molecule has 2 atom stereocenters. The lowest BCUT2D eigenvalue weighted by Crippen LogP contribution is -2.42. The van der Waals surface area contributed by atoms with Gasteiger partial charge in [0, 0.05) is 31.3 Å². The van der Waals surface area contributed by atoms with Gasteiger partial charge in [-0.2, -0.15) is 0 Å². The molecule has 4 N–H and O–H groups in total. The van der Waals surface area contributed by atoms with E-state index in [0.717, 1.165) is 5.56 Å². The normalized spacial score (nSPS) is 18.2. The predicted octanol–water partition coefficient (Wildman–Crippen LogP) is 2.87. The van der Waals surface area contributed by atoms with Crippen molar-refractivity contribution in [3.63, 3.8) is 0 Å². The van der Waals surface area contributed by atoms with Gasteiger partial charge in [0.1, 0.15) is 5.82 Å². The molecule has 0 bridgehead atoms. The van der Waals surface area contributed by atoms with Crippen molar-refractivity contribution < 1.29 is 28.2 Å². The van der Waals surface area contributed by atoms with E-state index in [4.69, 9.17) is 4.74 Å². The Kier molecular flexibility index (Phi) is 6.01. The van der Waals surface area contributed by atoms with Crippen molar-refractivity contribution in [1.29, 1.82) is 0 Å². The number of hydrogen-bond acceptors (Lipinski definition) is 5. The number of ether oxygens (including phenoxy) is 1. The van der Waals surface area contributed by atoms with Crippen LogP contribution in [-0.2, 0) is 0 Å². The molecule has 12 heteroatoms. The van der Waals surface area contributed by atoms with Crippen LogP contribution < -0.4 is 15.4 Å². The predicted molar refractivity (Wildman–Crippen MR) is 110 cm³/mol. The number of pyridine rings is 1. The van der Waals surface area contributed by atoms with Crippen molar-refractivity contribution in [3.05, 3.63) is 48.2 Å². The number of halogens is 2. The molecule has 4 rings (SSSR count). The molecule has 3 amide bonds. The first-order valence-electron chi connectivity index (χ1n) is 9.76. The highest BCUT2D eigenvalue weighted by Crippen LogP contribution is 2.28. The second kappa shape index (κ2) is 9.04. The summed E-state index contributed by atoms with van der Waals surface area (Å²) in [6.07, 6.45) is -2.33. The maximum atomic E-state index is 12.6. The number of urea groups is 1. The second-order valence-corrected chi connectivity index (χ2v) is 7.26. The highest BCUT2D eigenvalue weighted by atomic mass is 19.3. The minimum absolute atomic E-state index is 0.00535. The minimum Gasteiger partial charge on any atom is -0.470 e. The largest absolute Gasteiger partial charge is 0.470 e. The number of anilines is 1. The number of carboxylic acid groups (broad SMARTS) is 1. The smallest absolute Gasteiger partial charge is 0.407 e. The highest BCUT2D eigenvalue weighted by molar-refractivity contribution is 5.92. The SMILES string of the molecule is O=C(Nc1cc2[nH]nc(OCC(F)F)c2cn1)N[C@H]1CN(C(=O)O)C[C@@H]1c1ccccc1. The summed E-state index contributed by atoms with van der Waals surface area (Å²) in [6.45, 7) is -0.371. The van der Waals surface area contributed by atoms with E-state index in [9.17, 15) is 23.5 Å². The lowest BCUT2D eigenvalue weighted by atomic mass is 9.94. The maximum Gasteiger partial charge on any atom is 0.407 e. The van der Waals surface area contributed by atoms with Crippen molar-refractivity contribution >= 4 is 28.8 Å². The molecule has 32 heavy (non-hydrogen) atoms. The molecule has 168 valence electrons. The van der Waals surface area contributed by atoms with Crippen molar-refractivity contribution in [2.24, 2.45) is 0 Å². The third kappa shape index (κ3) is 4.68. The van der Waals surface area contributed by atoms with Crippen LogP contribution >= 0.6 is 0 Å². The standard InChI is InChI=1S/C20H20F2N6O4/c21-16(22)10-32-18-12-7-23-17(6-14(12)26-27-18)25-19(29)24-15-9-28(20(30)31)8-13(15)11-4-2-1-3-5-11/h1-7,13,15-16H,8-10H2,(H,26,27)(H,30,31)(H2,23,24,25,29)/t13-,15+/m1/s1. The van der Waals surface area contributed by atoms with Crippen LogP contribution in [0.5, 0.6) is 5.88 Å². The van der Waals surface area contributed by atoms with Crippen LogP contribution in [-0.4, -0.2) is 69.5 Å². The number of alkyl halides is 2. The molecule has 1 aliphatic heterocycles. The van der Waals surface area contributed by atoms with Crippen molar-refractivity contribution in [2.45, 2.75) is 18.4 Å². The lowest BCUT2D eigenvalue weighted by molar-refractivity contribution is 0.0803. The number of amides is 3. The maximum absolute atomic E-state index is 12.6. The zero-order valence-electron chi connectivity index (χ0n) is 16.7. The van der Waals surface area contributed by atoms with Gasteiger partial charge in [-0.05, 0) is 5.56 Å². The summed E-state index contributed by atoms with van der Waals surface area (Å²) in [5.41, 5.74) is 1.37. The number of nitrogens with zero attached hydrogens (tertiary/aromatic N) is 3. The summed E-state index contributed by atoms with van der Waals surface area (Å²) in [5, 5.41) is 21.6. The number of aromatic nitrogens is 3. The van der Waals surface area contributed by atoms with Gasteiger partial charge in [-0.1, -0.05) is 30.3 Å². The molecule has 3 heterocycles. The number of fused-ring (bicyclic) bond motifs is 1. The number of H-pyrrole nitrogens is 1. The van der Waals surface area contributed by atoms with Crippen LogP contribution in [0.1, 0.15) is 11.5 Å². The molecule has 2 aromatic heterocycles. The van der Waals surface area contributed by atoms with Crippen molar-refractivity contribution in [2.75, 3.05) is 25.0 Å². The molecule has 1 aliphatic rings. The molecular weight excluding hydrogens is 426 g/mol. The fourth-order valence-corrected chi connectivity index (χ4v) is 3.67. The molecule has 3 aromatic rings. The van der Waals surface area contributed by atoms with E-state index in [1.165, 1.54) is 17.2 Å². The molecule has 0 unspecified atom stereocenters. The van der Waals surface area contributed by atoms with E-state index >= 15 is 0 Å². The summed E-state index contributed by atoms with van der Waals surface area (Å²) in [4.78, 5) is 29.4. The van der Waals surface area contributed by atoms with Gasteiger partial charge in [0.2, 0.25) is 5.88 Å². The molecule has 0 spiro atoms. The fraction of sp³-hybridized carbons (Fsp3) is 0.300. The van der Waals surface area contributed by atoms with E-state index in [0.29, 0.717) is 10.9 Å². The molecular formula is C20H20F2N6O4. The van der Waals surface area contributed by atoms with E-state index < -0.39 is 31.2 Å². The van der Waals surface area contributed by atoms with Gasteiger partial charge in [-0.15, -0.1) is 5.10 Å². The molecule has 0 aliphatic carbocycles. The van der Waals surface area contributed by atoms with Gasteiger partial charge in [0.05, 0.1) is 16.9 Å². The van der Waals surface area contributed by atoms with Crippen LogP contribution in [0.3, 0.4) is 0 Å². The molecule has 0 radical (unpaired) electrons. The topological polar surface area (TPSA) is 132 Å². The monoisotopic (exact) mass is 446 g/mol. The summed E-state index contributed by atoms with van der Waals surface area (Å²) >= 11 is 0. The van der Waals surface area contributed by atoms with Gasteiger partial charge in [-0.3, -0.25) is 10.4 Å². The Labute approximate surface area is 180 Å². The Morgan fingerprint density at radius 3 is 2.78 bits per heavy atom. The Bertz CT molecular complexity index is 1110. The molecule has 1 fully saturated rings. The number of hydrogen-bond donors (Lipinski definition) is 4. The van der Waals surface area contributed by atoms with Crippen LogP contribution in [0.15, 0.2) is 42.6 Å². The quantitative estimate of drug-likeness (QED) is 0.460. The number of rotatable bonds is 6. The summed E-state index contributed by atoms with van der Waals surface area (Å²) in [5.74, 6) is -0.00623. The number of carbonyl (C=O) groups excluding carboxylic acids is 1. The third-order valence-corrected chi connectivity index (χ3v) is 5.13.